The number of benzene rings is 1. The number of carboxylic acids is 1. The summed E-state index contributed by atoms with van der Waals surface area (Å²) in [4.78, 5) is 22.7. The molecule has 1 aromatic carbocycles. The van der Waals surface area contributed by atoms with Gasteiger partial charge in [-0.3, -0.25) is 4.79 Å². The lowest BCUT2D eigenvalue weighted by Gasteiger charge is -2.13. The highest BCUT2D eigenvalue weighted by Gasteiger charge is 2.17. The summed E-state index contributed by atoms with van der Waals surface area (Å²) in [6.07, 6.45) is 2.24. The molecule has 1 aromatic rings. The van der Waals surface area contributed by atoms with E-state index >= 15 is 0 Å². The predicted octanol–water partition coefficient (Wildman–Crippen LogP) is 1.98. The van der Waals surface area contributed by atoms with E-state index in [0.717, 1.165) is 25.0 Å². The van der Waals surface area contributed by atoms with Crippen molar-refractivity contribution in [3.63, 3.8) is 0 Å². The maximum absolute atomic E-state index is 13.0. The molecule has 104 valence electrons. The summed E-state index contributed by atoms with van der Waals surface area (Å²) < 4.78 is 13.0. The van der Waals surface area contributed by atoms with Gasteiger partial charge in [0.25, 0.3) is 0 Å². The predicted molar refractivity (Wildman–Crippen MR) is 69.5 cm³/mol. The van der Waals surface area contributed by atoms with E-state index in [0.29, 0.717) is 6.42 Å². The topological polar surface area (TPSA) is 92.4 Å². The Morgan fingerprint density at radius 1 is 1.47 bits per heavy atom. The number of unbranched alkanes of at least 4 members (excludes halogenated alkanes) is 1. The van der Waals surface area contributed by atoms with E-state index in [9.17, 15) is 14.0 Å². The van der Waals surface area contributed by atoms with Gasteiger partial charge in [-0.2, -0.15) is 0 Å². The van der Waals surface area contributed by atoms with E-state index in [1.807, 2.05) is 6.92 Å². The SMILES string of the molecule is CCCC[C@H](N)C(=O)Nc1ccc(F)cc1C(=O)O. The van der Waals surface area contributed by atoms with Gasteiger partial charge in [0.1, 0.15) is 5.82 Å². The minimum atomic E-state index is -1.31. The molecule has 4 N–H and O–H groups in total. The summed E-state index contributed by atoms with van der Waals surface area (Å²) in [5.41, 5.74) is 5.43. The fourth-order valence-corrected chi connectivity index (χ4v) is 1.58. The Morgan fingerprint density at radius 2 is 2.16 bits per heavy atom. The molecule has 0 bridgehead atoms. The first kappa shape index (κ1) is 15.1. The Kier molecular flexibility index (Phi) is 5.44. The number of anilines is 1. The van der Waals surface area contributed by atoms with Crippen LogP contribution in [0.25, 0.3) is 0 Å². The van der Waals surface area contributed by atoms with Crippen LogP contribution in [0.3, 0.4) is 0 Å². The van der Waals surface area contributed by atoms with Crippen LogP contribution in [0.1, 0.15) is 36.5 Å². The van der Waals surface area contributed by atoms with Crippen LogP contribution >= 0.6 is 0 Å². The first-order valence-corrected chi connectivity index (χ1v) is 6.05. The third-order valence-electron chi connectivity index (χ3n) is 2.68. The van der Waals surface area contributed by atoms with Gasteiger partial charge in [-0.15, -0.1) is 0 Å². The van der Waals surface area contributed by atoms with Crippen molar-refractivity contribution in [2.75, 3.05) is 5.32 Å². The van der Waals surface area contributed by atoms with Crippen LogP contribution in [0.5, 0.6) is 0 Å². The van der Waals surface area contributed by atoms with Gasteiger partial charge in [0.05, 0.1) is 17.3 Å². The average molecular weight is 268 g/mol. The van der Waals surface area contributed by atoms with Gasteiger partial charge < -0.3 is 16.2 Å². The third kappa shape index (κ3) is 4.33. The molecule has 0 heterocycles. The molecular weight excluding hydrogens is 251 g/mol. The van der Waals surface area contributed by atoms with Gasteiger partial charge in [0.2, 0.25) is 5.91 Å². The number of halogens is 1. The van der Waals surface area contributed by atoms with Crippen molar-refractivity contribution in [1.29, 1.82) is 0 Å². The summed E-state index contributed by atoms with van der Waals surface area (Å²) in [5.74, 6) is -2.45. The van der Waals surface area contributed by atoms with Gasteiger partial charge in [-0.25, -0.2) is 9.18 Å². The standard InChI is InChI=1S/C13H17FN2O3/c1-2-3-4-10(15)12(17)16-11-6-5-8(14)7-9(11)13(18)19/h5-7,10H,2-4,15H2,1H3,(H,16,17)(H,18,19)/t10-/m0/s1. The van der Waals surface area contributed by atoms with Gasteiger partial charge in [-0.05, 0) is 24.6 Å². The number of carboxylic acid groups (broad SMARTS) is 1. The highest BCUT2D eigenvalue weighted by atomic mass is 19.1. The minimum absolute atomic E-state index is 0.0471. The average Bonchev–Trinajstić information content (AvgIpc) is 2.37. The zero-order valence-electron chi connectivity index (χ0n) is 10.6. The maximum Gasteiger partial charge on any atom is 0.337 e. The summed E-state index contributed by atoms with van der Waals surface area (Å²) in [5, 5.41) is 11.4. The summed E-state index contributed by atoms with van der Waals surface area (Å²) in [6.45, 7) is 1.98. The number of carbonyl (C=O) groups excluding carboxylic acids is 1. The van der Waals surface area contributed by atoms with Crippen molar-refractivity contribution >= 4 is 17.6 Å². The number of nitrogens with two attached hydrogens (primary N) is 1. The highest BCUT2D eigenvalue weighted by Crippen LogP contribution is 2.17. The smallest absolute Gasteiger partial charge is 0.337 e. The third-order valence-corrected chi connectivity index (χ3v) is 2.68. The van der Waals surface area contributed by atoms with E-state index in [1.165, 1.54) is 6.07 Å². The van der Waals surface area contributed by atoms with Crippen molar-refractivity contribution in [3.8, 4) is 0 Å². The number of aromatic carboxylic acids is 1. The first-order valence-electron chi connectivity index (χ1n) is 6.05. The number of hydrogen-bond acceptors (Lipinski definition) is 3. The molecule has 0 spiro atoms. The Balaban J connectivity index is 2.81. The van der Waals surface area contributed by atoms with E-state index in [4.69, 9.17) is 10.8 Å². The maximum atomic E-state index is 13.0. The number of amides is 1. The van der Waals surface area contributed by atoms with Gasteiger partial charge in [0, 0.05) is 0 Å². The number of nitrogens with one attached hydrogen (secondary N) is 1. The summed E-state index contributed by atoms with van der Waals surface area (Å²) in [6, 6.07) is 2.45. The molecule has 1 rings (SSSR count). The van der Waals surface area contributed by atoms with Gasteiger partial charge >= 0.3 is 5.97 Å². The molecule has 5 nitrogen and oxygen atoms in total. The van der Waals surface area contributed by atoms with Crippen LogP contribution < -0.4 is 11.1 Å². The molecule has 0 aliphatic rings. The molecule has 0 fully saturated rings. The van der Waals surface area contributed by atoms with E-state index < -0.39 is 23.7 Å². The lowest BCUT2D eigenvalue weighted by atomic mass is 10.1. The number of rotatable bonds is 6. The Bertz CT molecular complexity index is 477. The van der Waals surface area contributed by atoms with Crippen LogP contribution in [0.15, 0.2) is 18.2 Å². The second-order valence-electron chi connectivity index (χ2n) is 4.23. The van der Waals surface area contributed by atoms with Gasteiger partial charge in [0.15, 0.2) is 0 Å². The lowest BCUT2D eigenvalue weighted by Crippen LogP contribution is -2.35. The van der Waals surface area contributed by atoms with Crippen molar-refractivity contribution in [2.24, 2.45) is 5.73 Å². The zero-order valence-corrected chi connectivity index (χ0v) is 10.6. The molecular formula is C13H17FN2O3. The normalized spacial score (nSPS) is 11.9. The number of hydrogen-bond donors (Lipinski definition) is 3. The summed E-state index contributed by atoms with van der Waals surface area (Å²) in [7, 11) is 0. The molecule has 0 aromatic heterocycles. The molecule has 19 heavy (non-hydrogen) atoms. The summed E-state index contributed by atoms with van der Waals surface area (Å²) >= 11 is 0. The van der Waals surface area contributed by atoms with Crippen molar-refractivity contribution in [2.45, 2.75) is 32.2 Å². The van der Waals surface area contributed by atoms with E-state index in [1.54, 1.807) is 0 Å². The molecule has 1 atom stereocenters. The van der Waals surface area contributed by atoms with Gasteiger partial charge in [-0.1, -0.05) is 19.8 Å². The second kappa shape index (κ2) is 6.84. The fourth-order valence-electron chi connectivity index (χ4n) is 1.58. The largest absolute Gasteiger partial charge is 0.478 e. The van der Waals surface area contributed by atoms with Crippen LogP contribution in [0, 0.1) is 5.82 Å². The molecule has 0 aliphatic heterocycles. The van der Waals surface area contributed by atoms with Crippen LogP contribution in [0.2, 0.25) is 0 Å². The molecule has 0 radical (unpaired) electrons. The minimum Gasteiger partial charge on any atom is -0.478 e. The van der Waals surface area contributed by atoms with E-state index in [-0.39, 0.29) is 11.3 Å². The van der Waals surface area contributed by atoms with E-state index in [2.05, 4.69) is 5.32 Å². The molecule has 0 unspecified atom stereocenters. The monoisotopic (exact) mass is 268 g/mol. The number of carbonyl (C=O) groups is 2. The Morgan fingerprint density at radius 3 is 2.74 bits per heavy atom. The van der Waals surface area contributed by atoms with Crippen LogP contribution in [0.4, 0.5) is 10.1 Å². The van der Waals surface area contributed by atoms with Crippen LogP contribution in [-0.2, 0) is 4.79 Å². The lowest BCUT2D eigenvalue weighted by molar-refractivity contribution is -0.117. The first-order chi connectivity index (χ1) is 8.95. The molecule has 0 saturated carbocycles. The van der Waals surface area contributed by atoms with Crippen molar-refractivity contribution in [3.05, 3.63) is 29.6 Å². The Hall–Kier alpha value is -1.95. The highest BCUT2D eigenvalue weighted by molar-refractivity contribution is 6.02. The molecule has 6 heteroatoms. The molecule has 0 saturated heterocycles. The quantitative estimate of drug-likeness (QED) is 0.735. The zero-order chi connectivity index (χ0) is 14.4. The molecule has 1 amide bonds. The fraction of sp³-hybridized carbons (Fsp3) is 0.385. The van der Waals surface area contributed by atoms with Crippen LogP contribution in [-0.4, -0.2) is 23.0 Å². The molecule has 0 aliphatic carbocycles. The van der Waals surface area contributed by atoms with Crippen molar-refractivity contribution < 1.29 is 19.1 Å². The second-order valence-corrected chi connectivity index (χ2v) is 4.23. The van der Waals surface area contributed by atoms with Crippen molar-refractivity contribution in [1.82, 2.24) is 0 Å². The Labute approximate surface area is 110 Å².